The topological polar surface area (TPSA) is 34.2 Å². The largest absolute Gasteiger partial charge is 0.472 e. The average Bonchev–Trinajstić information content (AvgIpc) is 2.38. The summed E-state index contributed by atoms with van der Waals surface area (Å²) in [5.74, 6) is -1.11. The van der Waals surface area contributed by atoms with Crippen LogP contribution >= 0.6 is 0 Å². The summed E-state index contributed by atoms with van der Waals surface area (Å²) in [5.41, 5.74) is 0. The zero-order chi connectivity index (χ0) is 13.8. The molecule has 1 aliphatic carbocycles. The van der Waals surface area contributed by atoms with Crippen LogP contribution in [0, 0.1) is 17.6 Å². The first-order valence-electron chi connectivity index (χ1n) is 6.88. The standard InChI is InChI=1S/C14H20F2N2O/c1-3-17-13-10(15)8-11(16)14(18-13)19-12-7-5-4-6-9(12)2/h8-9,12H,3-7H2,1-2H3,(H,17,18). The van der Waals surface area contributed by atoms with E-state index in [1.54, 1.807) is 0 Å². The Kier molecular flexibility index (Phi) is 4.56. The van der Waals surface area contributed by atoms with Crippen LogP contribution in [0.3, 0.4) is 0 Å². The summed E-state index contributed by atoms with van der Waals surface area (Å²) in [6, 6.07) is 0.827. The maximum Gasteiger partial charge on any atom is 0.252 e. The lowest BCUT2D eigenvalue weighted by Crippen LogP contribution is -2.29. The number of rotatable bonds is 4. The smallest absolute Gasteiger partial charge is 0.252 e. The molecule has 0 saturated heterocycles. The highest BCUT2D eigenvalue weighted by Gasteiger charge is 2.25. The molecule has 19 heavy (non-hydrogen) atoms. The minimum Gasteiger partial charge on any atom is -0.472 e. The fraction of sp³-hybridized carbons (Fsp3) is 0.643. The fourth-order valence-electron chi connectivity index (χ4n) is 2.42. The van der Waals surface area contributed by atoms with E-state index in [0.29, 0.717) is 12.5 Å². The van der Waals surface area contributed by atoms with E-state index in [2.05, 4.69) is 17.2 Å². The molecule has 0 aromatic carbocycles. The SMILES string of the molecule is CCNc1nc(OC2CCCCC2C)c(F)cc1F. The van der Waals surface area contributed by atoms with Crippen LogP contribution in [0.2, 0.25) is 0 Å². The van der Waals surface area contributed by atoms with Crippen LogP contribution in [0.4, 0.5) is 14.6 Å². The molecule has 1 saturated carbocycles. The van der Waals surface area contributed by atoms with Gasteiger partial charge in [-0.25, -0.2) is 8.78 Å². The molecule has 5 heteroatoms. The van der Waals surface area contributed by atoms with Crippen LogP contribution < -0.4 is 10.1 Å². The van der Waals surface area contributed by atoms with Gasteiger partial charge in [-0.2, -0.15) is 4.98 Å². The van der Waals surface area contributed by atoms with Crippen molar-refractivity contribution in [3.05, 3.63) is 17.7 Å². The van der Waals surface area contributed by atoms with Crippen LogP contribution in [0.1, 0.15) is 39.5 Å². The number of halogens is 2. The molecular formula is C14H20F2N2O. The highest BCUT2D eigenvalue weighted by Crippen LogP contribution is 2.29. The molecule has 0 bridgehead atoms. The van der Waals surface area contributed by atoms with Gasteiger partial charge in [0.15, 0.2) is 17.5 Å². The fourth-order valence-corrected chi connectivity index (χ4v) is 2.42. The first kappa shape index (κ1) is 14.0. The van der Waals surface area contributed by atoms with Gasteiger partial charge in [0.2, 0.25) is 0 Å². The molecule has 1 aromatic rings. The monoisotopic (exact) mass is 270 g/mol. The molecule has 3 nitrogen and oxygen atoms in total. The molecule has 0 spiro atoms. The Labute approximate surface area is 112 Å². The summed E-state index contributed by atoms with van der Waals surface area (Å²) in [5, 5.41) is 2.76. The van der Waals surface area contributed by atoms with Gasteiger partial charge < -0.3 is 10.1 Å². The zero-order valence-corrected chi connectivity index (χ0v) is 11.4. The van der Waals surface area contributed by atoms with E-state index in [1.807, 2.05) is 6.92 Å². The Balaban J connectivity index is 2.16. The van der Waals surface area contributed by atoms with Crippen molar-refractivity contribution in [2.24, 2.45) is 5.92 Å². The molecule has 1 N–H and O–H groups in total. The summed E-state index contributed by atoms with van der Waals surface area (Å²) in [7, 11) is 0. The number of aromatic nitrogens is 1. The summed E-state index contributed by atoms with van der Waals surface area (Å²) in [4.78, 5) is 3.91. The number of nitrogens with zero attached hydrogens (tertiary/aromatic N) is 1. The minimum atomic E-state index is -0.739. The number of pyridine rings is 1. The molecule has 1 fully saturated rings. The third-order valence-electron chi connectivity index (χ3n) is 3.54. The lowest BCUT2D eigenvalue weighted by molar-refractivity contribution is 0.0927. The molecule has 2 unspecified atom stereocenters. The molecule has 106 valence electrons. The van der Waals surface area contributed by atoms with Crippen molar-refractivity contribution in [2.45, 2.75) is 45.6 Å². The average molecular weight is 270 g/mol. The third-order valence-corrected chi connectivity index (χ3v) is 3.54. The molecule has 0 radical (unpaired) electrons. The van der Waals surface area contributed by atoms with E-state index in [1.165, 1.54) is 6.42 Å². The highest BCUT2D eigenvalue weighted by molar-refractivity contribution is 5.39. The Bertz CT molecular complexity index is 440. The lowest BCUT2D eigenvalue weighted by Gasteiger charge is -2.29. The lowest BCUT2D eigenvalue weighted by atomic mass is 9.88. The molecule has 2 atom stereocenters. The summed E-state index contributed by atoms with van der Waals surface area (Å²) in [6.07, 6.45) is 4.21. The van der Waals surface area contributed by atoms with Crippen LogP contribution in [-0.2, 0) is 0 Å². The summed E-state index contributed by atoms with van der Waals surface area (Å²) >= 11 is 0. The predicted molar refractivity (Wildman–Crippen MR) is 70.4 cm³/mol. The van der Waals surface area contributed by atoms with Crippen LogP contribution in [0.25, 0.3) is 0 Å². The predicted octanol–water partition coefficient (Wildman–Crippen LogP) is 3.75. The number of anilines is 1. The van der Waals surface area contributed by atoms with E-state index in [-0.39, 0.29) is 17.8 Å². The Morgan fingerprint density at radius 3 is 2.74 bits per heavy atom. The molecule has 0 aliphatic heterocycles. The second-order valence-electron chi connectivity index (χ2n) is 5.05. The van der Waals surface area contributed by atoms with Gasteiger partial charge in [-0.1, -0.05) is 13.3 Å². The van der Waals surface area contributed by atoms with Gasteiger partial charge in [-0.05, 0) is 32.1 Å². The first-order chi connectivity index (χ1) is 9.11. The van der Waals surface area contributed by atoms with Crippen LogP contribution in [0.15, 0.2) is 6.07 Å². The van der Waals surface area contributed by atoms with Gasteiger partial charge in [-0.15, -0.1) is 0 Å². The highest BCUT2D eigenvalue weighted by atomic mass is 19.1. The van der Waals surface area contributed by atoms with Gasteiger partial charge in [0, 0.05) is 12.6 Å². The van der Waals surface area contributed by atoms with E-state index >= 15 is 0 Å². The van der Waals surface area contributed by atoms with Gasteiger partial charge in [0.05, 0.1) is 0 Å². The van der Waals surface area contributed by atoms with Crippen molar-refractivity contribution in [3.63, 3.8) is 0 Å². The second kappa shape index (κ2) is 6.17. The first-order valence-corrected chi connectivity index (χ1v) is 6.88. The van der Waals surface area contributed by atoms with E-state index in [4.69, 9.17) is 4.74 Å². The van der Waals surface area contributed by atoms with Gasteiger partial charge in [0.1, 0.15) is 6.10 Å². The van der Waals surface area contributed by atoms with Crippen LogP contribution in [0.5, 0.6) is 5.88 Å². The number of hydrogen-bond acceptors (Lipinski definition) is 3. The Morgan fingerprint density at radius 2 is 2.05 bits per heavy atom. The normalized spacial score (nSPS) is 23.2. The number of hydrogen-bond donors (Lipinski definition) is 1. The maximum absolute atomic E-state index is 13.7. The molecule has 2 rings (SSSR count). The maximum atomic E-state index is 13.7. The Morgan fingerprint density at radius 1 is 1.32 bits per heavy atom. The minimum absolute atomic E-state index is 0.0318. The quantitative estimate of drug-likeness (QED) is 0.904. The second-order valence-corrected chi connectivity index (χ2v) is 5.05. The molecule has 1 heterocycles. The number of nitrogens with one attached hydrogen (secondary N) is 1. The van der Waals surface area contributed by atoms with Gasteiger partial charge in [-0.3, -0.25) is 0 Å². The van der Waals surface area contributed by atoms with Crippen molar-refractivity contribution < 1.29 is 13.5 Å². The van der Waals surface area contributed by atoms with E-state index in [0.717, 1.165) is 25.3 Å². The molecule has 0 amide bonds. The molecule has 1 aromatic heterocycles. The summed E-state index contributed by atoms with van der Waals surface area (Å²) < 4.78 is 32.8. The molecular weight excluding hydrogens is 250 g/mol. The van der Waals surface area contributed by atoms with Gasteiger partial charge in [0.25, 0.3) is 5.88 Å². The van der Waals surface area contributed by atoms with Gasteiger partial charge >= 0.3 is 0 Å². The van der Waals surface area contributed by atoms with Crippen LogP contribution in [-0.4, -0.2) is 17.6 Å². The third kappa shape index (κ3) is 3.33. The summed E-state index contributed by atoms with van der Waals surface area (Å²) in [6.45, 7) is 4.44. The van der Waals surface area contributed by atoms with Crippen molar-refractivity contribution in [1.29, 1.82) is 0 Å². The van der Waals surface area contributed by atoms with Crippen molar-refractivity contribution in [2.75, 3.05) is 11.9 Å². The number of ether oxygens (including phenoxy) is 1. The Hall–Kier alpha value is -1.39. The van der Waals surface area contributed by atoms with Crippen molar-refractivity contribution >= 4 is 5.82 Å². The molecule has 1 aliphatic rings. The van der Waals surface area contributed by atoms with Crippen molar-refractivity contribution in [3.8, 4) is 5.88 Å². The van der Waals surface area contributed by atoms with Crippen molar-refractivity contribution in [1.82, 2.24) is 4.98 Å². The van der Waals surface area contributed by atoms with E-state index in [9.17, 15) is 8.78 Å². The van der Waals surface area contributed by atoms with E-state index < -0.39 is 11.6 Å². The zero-order valence-electron chi connectivity index (χ0n) is 11.4.